The van der Waals surface area contributed by atoms with E-state index in [0.29, 0.717) is 44.8 Å². The van der Waals surface area contributed by atoms with E-state index in [1.807, 2.05) is 54.6 Å². The molecular formula is C29H36N4O3. The highest BCUT2D eigenvalue weighted by Crippen LogP contribution is 2.40. The Morgan fingerprint density at radius 1 is 1.03 bits per heavy atom. The SMILES string of the molecule is N#CC1(N(Cc2cccc(OCc3ccccc3)c2)C(=O)CCC2(C(N)=O)CCCCC2)CCNC1. The molecular weight excluding hydrogens is 452 g/mol. The molecule has 4 rings (SSSR count). The van der Waals surface area contributed by atoms with Crippen LogP contribution in [0, 0.1) is 16.7 Å². The van der Waals surface area contributed by atoms with Gasteiger partial charge < -0.3 is 20.7 Å². The number of carbonyl (C=O) groups is 2. The molecule has 1 heterocycles. The Hall–Kier alpha value is -3.37. The third kappa shape index (κ3) is 5.88. The van der Waals surface area contributed by atoms with E-state index in [1.54, 1.807) is 4.90 Å². The molecule has 0 bridgehead atoms. The van der Waals surface area contributed by atoms with Gasteiger partial charge in [-0.3, -0.25) is 9.59 Å². The Labute approximate surface area is 213 Å². The highest BCUT2D eigenvalue weighted by atomic mass is 16.5. The van der Waals surface area contributed by atoms with Crippen LogP contribution in [0.25, 0.3) is 0 Å². The average Bonchev–Trinajstić information content (AvgIpc) is 3.41. The third-order valence-corrected chi connectivity index (χ3v) is 7.80. The number of amides is 2. The van der Waals surface area contributed by atoms with E-state index in [2.05, 4.69) is 11.4 Å². The first-order valence-electron chi connectivity index (χ1n) is 12.9. The fourth-order valence-corrected chi connectivity index (χ4v) is 5.53. The quantitative estimate of drug-likeness (QED) is 0.524. The van der Waals surface area contributed by atoms with Crippen LogP contribution in [-0.4, -0.2) is 35.3 Å². The van der Waals surface area contributed by atoms with Crippen molar-refractivity contribution >= 4 is 11.8 Å². The Morgan fingerprint density at radius 2 is 1.78 bits per heavy atom. The Morgan fingerprint density at radius 3 is 2.44 bits per heavy atom. The Balaban J connectivity index is 1.50. The maximum Gasteiger partial charge on any atom is 0.224 e. The second kappa shape index (κ2) is 11.6. The number of hydrogen-bond acceptors (Lipinski definition) is 5. The molecule has 0 aromatic heterocycles. The van der Waals surface area contributed by atoms with Gasteiger partial charge in [0.05, 0.1) is 6.07 Å². The van der Waals surface area contributed by atoms with E-state index in [-0.39, 0.29) is 18.2 Å². The minimum atomic E-state index is -0.912. The van der Waals surface area contributed by atoms with Gasteiger partial charge in [-0.2, -0.15) is 5.26 Å². The molecule has 2 aromatic carbocycles. The Kier molecular flexibility index (Phi) is 8.27. The first-order chi connectivity index (χ1) is 17.5. The number of nitrogens with one attached hydrogen (secondary N) is 1. The molecule has 1 saturated heterocycles. The molecule has 1 aliphatic heterocycles. The number of carbonyl (C=O) groups excluding carboxylic acids is 2. The summed E-state index contributed by atoms with van der Waals surface area (Å²) in [5, 5.41) is 13.4. The first kappa shape index (κ1) is 25.7. The van der Waals surface area contributed by atoms with Crippen molar-refractivity contribution in [3.63, 3.8) is 0 Å². The zero-order valence-electron chi connectivity index (χ0n) is 20.9. The van der Waals surface area contributed by atoms with Crippen LogP contribution in [0.3, 0.4) is 0 Å². The molecule has 190 valence electrons. The number of ether oxygens (including phenoxy) is 1. The van der Waals surface area contributed by atoms with Crippen molar-refractivity contribution in [1.29, 1.82) is 5.26 Å². The van der Waals surface area contributed by atoms with Crippen LogP contribution in [0.5, 0.6) is 5.75 Å². The summed E-state index contributed by atoms with van der Waals surface area (Å²) in [4.78, 5) is 27.7. The lowest BCUT2D eigenvalue weighted by Gasteiger charge is -2.38. The predicted octanol–water partition coefficient (Wildman–Crippen LogP) is 4.07. The summed E-state index contributed by atoms with van der Waals surface area (Å²) in [6.45, 7) is 1.87. The molecule has 7 nitrogen and oxygen atoms in total. The highest BCUT2D eigenvalue weighted by molar-refractivity contribution is 5.83. The molecule has 7 heteroatoms. The molecule has 2 aliphatic rings. The van der Waals surface area contributed by atoms with Gasteiger partial charge in [0.25, 0.3) is 0 Å². The molecule has 1 saturated carbocycles. The Bertz CT molecular complexity index is 1080. The van der Waals surface area contributed by atoms with E-state index in [4.69, 9.17) is 10.5 Å². The summed E-state index contributed by atoms with van der Waals surface area (Å²) in [6.07, 6.45) is 5.71. The number of nitriles is 1. The number of hydrogen-bond donors (Lipinski definition) is 2. The van der Waals surface area contributed by atoms with E-state index < -0.39 is 11.0 Å². The van der Waals surface area contributed by atoms with Crippen molar-refractivity contribution in [1.82, 2.24) is 10.2 Å². The normalized spacial score (nSPS) is 20.9. The molecule has 0 radical (unpaired) electrons. The van der Waals surface area contributed by atoms with Crippen LogP contribution in [-0.2, 0) is 22.7 Å². The van der Waals surface area contributed by atoms with Crippen LogP contribution in [0.4, 0.5) is 0 Å². The molecule has 1 atom stereocenters. The summed E-state index contributed by atoms with van der Waals surface area (Å²) in [5.41, 5.74) is 6.26. The lowest BCUT2D eigenvalue weighted by atomic mass is 9.70. The van der Waals surface area contributed by atoms with Gasteiger partial charge in [-0.1, -0.05) is 61.7 Å². The van der Waals surface area contributed by atoms with Crippen LogP contribution in [0.15, 0.2) is 54.6 Å². The average molecular weight is 489 g/mol. The lowest BCUT2D eigenvalue weighted by molar-refractivity contribution is -0.138. The van der Waals surface area contributed by atoms with Gasteiger partial charge in [-0.25, -0.2) is 0 Å². The summed E-state index contributed by atoms with van der Waals surface area (Å²) < 4.78 is 5.99. The van der Waals surface area contributed by atoms with E-state index in [0.717, 1.165) is 43.2 Å². The molecule has 2 amide bonds. The van der Waals surface area contributed by atoms with Crippen molar-refractivity contribution in [3.05, 3.63) is 65.7 Å². The van der Waals surface area contributed by atoms with Crippen LogP contribution >= 0.6 is 0 Å². The van der Waals surface area contributed by atoms with Crippen molar-refractivity contribution in [2.24, 2.45) is 11.1 Å². The number of rotatable bonds is 10. The monoisotopic (exact) mass is 488 g/mol. The van der Waals surface area contributed by atoms with Crippen LogP contribution in [0.2, 0.25) is 0 Å². The van der Waals surface area contributed by atoms with Crippen molar-refractivity contribution in [2.75, 3.05) is 13.1 Å². The molecule has 36 heavy (non-hydrogen) atoms. The summed E-state index contributed by atoms with van der Waals surface area (Å²) in [6, 6.07) is 20.1. The third-order valence-electron chi connectivity index (χ3n) is 7.80. The van der Waals surface area contributed by atoms with E-state index in [1.165, 1.54) is 0 Å². The molecule has 2 aromatic rings. The minimum Gasteiger partial charge on any atom is -0.489 e. The largest absolute Gasteiger partial charge is 0.489 e. The minimum absolute atomic E-state index is 0.109. The molecule has 1 unspecified atom stereocenters. The fourth-order valence-electron chi connectivity index (χ4n) is 5.53. The molecule has 0 spiro atoms. The highest BCUT2D eigenvalue weighted by Gasteiger charge is 2.44. The van der Waals surface area contributed by atoms with Gasteiger partial charge in [-0.05, 0) is 55.5 Å². The van der Waals surface area contributed by atoms with Gasteiger partial charge in [-0.15, -0.1) is 0 Å². The first-order valence-corrected chi connectivity index (χ1v) is 12.9. The number of benzene rings is 2. The zero-order chi connectivity index (χ0) is 25.4. The van der Waals surface area contributed by atoms with Crippen LogP contribution < -0.4 is 15.8 Å². The van der Waals surface area contributed by atoms with E-state index in [9.17, 15) is 14.9 Å². The molecule has 1 aliphatic carbocycles. The van der Waals surface area contributed by atoms with Gasteiger partial charge in [0, 0.05) is 24.9 Å². The zero-order valence-corrected chi connectivity index (χ0v) is 20.9. The lowest BCUT2D eigenvalue weighted by Crippen LogP contribution is -2.52. The number of nitrogens with two attached hydrogens (primary N) is 1. The van der Waals surface area contributed by atoms with E-state index >= 15 is 0 Å². The fraction of sp³-hybridized carbons (Fsp3) is 0.483. The summed E-state index contributed by atoms with van der Waals surface area (Å²) in [5.74, 6) is 0.304. The van der Waals surface area contributed by atoms with Gasteiger partial charge in [0.1, 0.15) is 17.9 Å². The second-order valence-corrected chi connectivity index (χ2v) is 10.2. The topological polar surface area (TPSA) is 108 Å². The van der Waals surface area contributed by atoms with Gasteiger partial charge in [0.15, 0.2) is 0 Å². The maximum absolute atomic E-state index is 13.7. The molecule has 3 N–H and O–H groups in total. The second-order valence-electron chi connectivity index (χ2n) is 10.2. The summed E-state index contributed by atoms with van der Waals surface area (Å²) in [7, 11) is 0. The smallest absolute Gasteiger partial charge is 0.224 e. The van der Waals surface area contributed by atoms with Crippen molar-refractivity contribution in [3.8, 4) is 11.8 Å². The predicted molar refractivity (Wildman–Crippen MR) is 138 cm³/mol. The maximum atomic E-state index is 13.7. The summed E-state index contributed by atoms with van der Waals surface area (Å²) >= 11 is 0. The van der Waals surface area contributed by atoms with Gasteiger partial charge in [0.2, 0.25) is 11.8 Å². The van der Waals surface area contributed by atoms with Crippen molar-refractivity contribution < 1.29 is 14.3 Å². The standard InChI is InChI=1S/C29H36N4O3/c30-21-29(16-17-32-22-29)33(26(34)12-15-28(27(31)35)13-5-2-6-14-28)19-24-10-7-11-25(18-24)36-20-23-8-3-1-4-9-23/h1,3-4,7-11,18,32H,2,5-6,12-17,19-20,22H2,(H2,31,35). The van der Waals surface area contributed by atoms with Crippen LogP contribution in [0.1, 0.15) is 62.5 Å². The number of primary amides is 1. The van der Waals surface area contributed by atoms with Gasteiger partial charge >= 0.3 is 0 Å². The number of nitrogens with zero attached hydrogens (tertiary/aromatic N) is 2. The molecule has 2 fully saturated rings. The van der Waals surface area contributed by atoms with Crippen molar-refractivity contribution in [2.45, 2.75) is 70.1 Å².